The van der Waals surface area contributed by atoms with Gasteiger partial charge in [0.15, 0.2) is 6.20 Å². The van der Waals surface area contributed by atoms with Crippen LogP contribution in [-0.4, -0.2) is 11.1 Å². The first-order valence-electron chi connectivity index (χ1n) is 5.32. The van der Waals surface area contributed by atoms with E-state index in [1.54, 1.807) is 18.2 Å². The summed E-state index contributed by atoms with van der Waals surface area (Å²) in [5.41, 5.74) is 1.25. The number of hydrogen-bond acceptors (Lipinski definition) is 1. The number of carbonyl (C=O) groups is 1. The Labute approximate surface area is 130 Å². The minimum atomic E-state index is -0.903. The number of hydrogen-bond donors (Lipinski definition) is 1. The standard InChI is InChI=1S/C14H9NO2.2H2N.Pt/c16-14(17)9-5-6-13-12(7-9)11-4-2-1-3-10(11)8-15-13;;;/h1-8H,(H,16,17);2*1H2;/q;2*-1;+2/p+1. The maximum absolute atomic E-state index is 11.0. The number of rotatable bonds is 1. The van der Waals surface area contributed by atoms with E-state index < -0.39 is 5.97 Å². The molecular formula is C14H14N3O2Pt+. The first-order valence-corrected chi connectivity index (χ1v) is 5.32. The molecule has 0 spiro atoms. The minimum Gasteiger partial charge on any atom is -0.693 e. The van der Waals surface area contributed by atoms with Gasteiger partial charge in [0.1, 0.15) is 0 Å². The van der Waals surface area contributed by atoms with Crippen molar-refractivity contribution in [1.29, 1.82) is 0 Å². The molecule has 6 N–H and O–H groups in total. The third kappa shape index (κ3) is 3.02. The van der Waals surface area contributed by atoms with Crippen LogP contribution in [0.2, 0.25) is 0 Å². The molecule has 2 aromatic carbocycles. The second-order valence-electron chi connectivity index (χ2n) is 3.94. The van der Waals surface area contributed by atoms with Gasteiger partial charge in [-0.1, -0.05) is 18.2 Å². The summed E-state index contributed by atoms with van der Waals surface area (Å²) in [7, 11) is 0. The van der Waals surface area contributed by atoms with Crippen LogP contribution >= 0.6 is 0 Å². The normalized spacial score (nSPS) is 9.20. The van der Waals surface area contributed by atoms with E-state index in [0.29, 0.717) is 5.56 Å². The zero-order valence-electron chi connectivity index (χ0n) is 10.4. The molecule has 0 aliphatic heterocycles. The van der Waals surface area contributed by atoms with Crippen molar-refractivity contribution in [2.75, 3.05) is 0 Å². The van der Waals surface area contributed by atoms with Gasteiger partial charge in [0, 0.05) is 16.8 Å². The summed E-state index contributed by atoms with van der Waals surface area (Å²) >= 11 is 0. The zero-order chi connectivity index (χ0) is 11.8. The fourth-order valence-electron chi connectivity index (χ4n) is 2.05. The molecule has 106 valence electrons. The number of aromatic amines is 1. The van der Waals surface area contributed by atoms with E-state index in [4.69, 9.17) is 5.11 Å². The molecule has 20 heavy (non-hydrogen) atoms. The van der Waals surface area contributed by atoms with E-state index in [2.05, 4.69) is 4.98 Å². The number of nitrogens with two attached hydrogens (primary N) is 2. The maximum atomic E-state index is 11.0. The number of fused-ring (bicyclic) bond motifs is 3. The first kappa shape index (κ1) is 18.2. The van der Waals surface area contributed by atoms with Crippen molar-refractivity contribution in [3.8, 4) is 0 Å². The molecule has 0 aliphatic rings. The number of nitrogens with one attached hydrogen (secondary N) is 1. The van der Waals surface area contributed by atoms with Crippen molar-refractivity contribution in [1.82, 2.24) is 0 Å². The van der Waals surface area contributed by atoms with Crippen molar-refractivity contribution in [2.24, 2.45) is 0 Å². The van der Waals surface area contributed by atoms with E-state index in [-0.39, 0.29) is 33.4 Å². The van der Waals surface area contributed by atoms with Crippen LogP contribution in [-0.2, 0) is 21.1 Å². The molecule has 6 heteroatoms. The van der Waals surface area contributed by atoms with E-state index in [1.807, 2.05) is 30.5 Å². The van der Waals surface area contributed by atoms with Gasteiger partial charge < -0.3 is 17.4 Å². The van der Waals surface area contributed by atoms with E-state index >= 15 is 0 Å². The molecule has 1 heterocycles. The molecule has 3 aromatic rings. The van der Waals surface area contributed by atoms with Crippen LogP contribution in [0, 0.1) is 0 Å². The molecule has 3 rings (SSSR count). The van der Waals surface area contributed by atoms with Gasteiger partial charge in [0.05, 0.1) is 10.9 Å². The number of H-pyrrole nitrogens is 1. The summed E-state index contributed by atoms with van der Waals surface area (Å²) in [6.07, 6.45) is 1.93. The summed E-state index contributed by atoms with van der Waals surface area (Å²) in [6, 6.07) is 13.0. The molecule has 5 nitrogen and oxygen atoms in total. The van der Waals surface area contributed by atoms with Crippen LogP contribution in [0.4, 0.5) is 0 Å². The van der Waals surface area contributed by atoms with E-state index in [9.17, 15) is 4.79 Å². The van der Waals surface area contributed by atoms with Gasteiger partial charge in [-0.05, 0) is 18.2 Å². The number of benzene rings is 2. The number of carboxylic acids is 1. The molecule has 0 fully saturated rings. The van der Waals surface area contributed by atoms with Crippen molar-refractivity contribution < 1.29 is 36.0 Å². The summed E-state index contributed by atoms with van der Waals surface area (Å²) < 4.78 is 0. The molecule has 1 aromatic heterocycles. The largest absolute Gasteiger partial charge is 2.00 e. The number of aromatic carboxylic acids is 1. The van der Waals surface area contributed by atoms with Crippen molar-refractivity contribution in [2.45, 2.75) is 0 Å². The Balaban J connectivity index is 0.00000120. The van der Waals surface area contributed by atoms with Crippen LogP contribution in [0.5, 0.6) is 0 Å². The van der Waals surface area contributed by atoms with Crippen molar-refractivity contribution >= 4 is 27.6 Å². The molecule has 0 saturated heterocycles. The molecule has 0 saturated carbocycles. The van der Waals surface area contributed by atoms with Crippen LogP contribution < -0.4 is 4.98 Å². The first-order chi connectivity index (χ1) is 8.25. The smallest absolute Gasteiger partial charge is 0.693 e. The van der Waals surface area contributed by atoms with Gasteiger partial charge in [-0.15, -0.1) is 0 Å². The van der Waals surface area contributed by atoms with E-state index in [1.165, 1.54) is 0 Å². The number of pyridine rings is 1. The minimum absolute atomic E-state index is 0. The predicted molar refractivity (Wildman–Crippen MR) is 75.5 cm³/mol. The number of aromatic nitrogens is 1. The number of carboxylic acid groups (broad SMARTS) is 1. The Hall–Kier alpha value is -1.81. The van der Waals surface area contributed by atoms with Gasteiger partial charge >= 0.3 is 27.0 Å². The van der Waals surface area contributed by atoms with Gasteiger partial charge in [0.25, 0.3) is 0 Å². The molecule has 0 atom stereocenters. The van der Waals surface area contributed by atoms with Gasteiger partial charge in [-0.3, -0.25) is 0 Å². The zero-order valence-corrected chi connectivity index (χ0v) is 12.7. The molecule has 0 bridgehead atoms. The Kier molecular flexibility index (Phi) is 6.46. The van der Waals surface area contributed by atoms with Gasteiger partial charge in [-0.2, -0.15) is 0 Å². The quantitative estimate of drug-likeness (QED) is 0.564. The second-order valence-corrected chi connectivity index (χ2v) is 3.94. The predicted octanol–water partition coefficient (Wildman–Crippen LogP) is 3.94. The third-order valence-electron chi connectivity index (χ3n) is 2.90. The molecule has 0 amide bonds. The fraction of sp³-hybridized carbons (Fsp3) is 0. The molecule has 0 radical (unpaired) electrons. The van der Waals surface area contributed by atoms with Gasteiger partial charge in [-0.25, -0.2) is 9.78 Å². The Morgan fingerprint density at radius 2 is 1.70 bits per heavy atom. The Morgan fingerprint density at radius 3 is 2.40 bits per heavy atom. The van der Waals surface area contributed by atoms with Crippen molar-refractivity contribution in [3.05, 3.63) is 66.5 Å². The summed E-state index contributed by atoms with van der Waals surface area (Å²) in [5.74, 6) is -0.903. The Morgan fingerprint density at radius 1 is 1.00 bits per heavy atom. The average molecular weight is 451 g/mol. The third-order valence-corrected chi connectivity index (χ3v) is 2.90. The summed E-state index contributed by atoms with van der Waals surface area (Å²) in [4.78, 5) is 14.1. The monoisotopic (exact) mass is 451 g/mol. The van der Waals surface area contributed by atoms with Crippen LogP contribution in [0.1, 0.15) is 10.4 Å². The maximum Gasteiger partial charge on any atom is 2.00 e. The second kappa shape index (κ2) is 7.10. The van der Waals surface area contributed by atoms with E-state index in [0.717, 1.165) is 21.7 Å². The van der Waals surface area contributed by atoms with Crippen molar-refractivity contribution in [3.63, 3.8) is 0 Å². The van der Waals surface area contributed by atoms with Crippen LogP contribution in [0.3, 0.4) is 0 Å². The summed E-state index contributed by atoms with van der Waals surface area (Å²) in [6.45, 7) is 0. The topological polar surface area (TPSA) is 118 Å². The van der Waals surface area contributed by atoms with Gasteiger partial charge in [0.2, 0.25) is 5.52 Å². The summed E-state index contributed by atoms with van der Waals surface area (Å²) in [5, 5.41) is 12.1. The molecule has 0 aliphatic carbocycles. The van der Waals surface area contributed by atoms with Crippen LogP contribution in [0.25, 0.3) is 34.0 Å². The molecular weight excluding hydrogens is 437 g/mol. The fourth-order valence-corrected chi connectivity index (χ4v) is 2.05. The van der Waals surface area contributed by atoms with Crippen LogP contribution in [0.15, 0.2) is 48.7 Å². The SMILES string of the molecule is O=C(O)c1ccc2[nH+]cc3ccccc3c2c1.[NH2-].[NH2-].[Pt+2]. The molecule has 0 unspecified atom stereocenters. The average Bonchev–Trinajstić information content (AvgIpc) is 2.38. The Bertz CT molecular complexity index is 747.